The number of nitrogens with two attached hydrogens (primary N) is 1. The summed E-state index contributed by atoms with van der Waals surface area (Å²) in [7, 11) is 0. The highest BCUT2D eigenvalue weighted by Gasteiger charge is 2.26. The fourth-order valence-corrected chi connectivity index (χ4v) is 2.82. The molecule has 2 rings (SSSR count). The molecule has 23 heavy (non-hydrogen) atoms. The molecule has 0 fully saturated rings. The monoisotopic (exact) mass is 320 g/mol. The molecule has 1 heterocycles. The molecule has 1 aromatic rings. The van der Waals surface area contributed by atoms with Gasteiger partial charge in [0.15, 0.2) is 11.5 Å². The number of hydrogen-bond acceptors (Lipinski definition) is 4. The summed E-state index contributed by atoms with van der Waals surface area (Å²) in [6, 6.07) is 4.06. The molecule has 0 aliphatic carbocycles. The standard InChI is InChI=1S/C18H28N2O3/c1-5-22-15-9-13-7-8-20(17(21)11-18(3,4)19)12-14(13)10-16(15)23-6-2/h9-10H,5-8,11-12,19H2,1-4H3. The summed E-state index contributed by atoms with van der Waals surface area (Å²) < 4.78 is 11.4. The van der Waals surface area contributed by atoms with Gasteiger partial charge in [-0.3, -0.25) is 4.79 Å². The average molecular weight is 320 g/mol. The third-order valence-corrected chi connectivity index (χ3v) is 3.84. The van der Waals surface area contributed by atoms with Gasteiger partial charge in [-0.1, -0.05) is 0 Å². The zero-order valence-electron chi connectivity index (χ0n) is 14.6. The van der Waals surface area contributed by atoms with Crippen molar-refractivity contribution in [3.8, 4) is 11.5 Å². The van der Waals surface area contributed by atoms with Gasteiger partial charge in [0.2, 0.25) is 5.91 Å². The van der Waals surface area contributed by atoms with E-state index in [0.717, 1.165) is 30.0 Å². The highest BCUT2D eigenvalue weighted by atomic mass is 16.5. The van der Waals surface area contributed by atoms with Crippen LogP contribution in [0.3, 0.4) is 0 Å². The molecule has 0 aromatic heterocycles. The second kappa shape index (κ2) is 7.21. The number of nitrogens with zero attached hydrogens (tertiary/aromatic N) is 1. The second-order valence-electron chi connectivity index (χ2n) is 6.66. The molecule has 0 saturated carbocycles. The Kier molecular flexibility index (Phi) is 5.52. The molecule has 0 unspecified atom stereocenters. The minimum atomic E-state index is -0.479. The van der Waals surface area contributed by atoms with Gasteiger partial charge < -0.3 is 20.1 Å². The van der Waals surface area contributed by atoms with Crippen molar-refractivity contribution in [3.63, 3.8) is 0 Å². The molecule has 5 nitrogen and oxygen atoms in total. The van der Waals surface area contributed by atoms with Gasteiger partial charge in [-0.25, -0.2) is 0 Å². The Hall–Kier alpha value is -1.75. The minimum Gasteiger partial charge on any atom is -0.490 e. The van der Waals surface area contributed by atoms with Gasteiger partial charge in [-0.05, 0) is 57.4 Å². The largest absolute Gasteiger partial charge is 0.490 e. The van der Waals surface area contributed by atoms with Crippen molar-refractivity contribution in [2.24, 2.45) is 5.73 Å². The number of carbonyl (C=O) groups is 1. The lowest BCUT2D eigenvalue weighted by Gasteiger charge is -2.31. The topological polar surface area (TPSA) is 64.8 Å². The van der Waals surface area contributed by atoms with Gasteiger partial charge in [0.1, 0.15) is 0 Å². The Bertz CT molecular complexity index is 564. The summed E-state index contributed by atoms with van der Waals surface area (Å²) in [5.41, 5.74) is 7.85. The van der Waals surface area contributed by atoms with E-state index in [4.69, 9.17) is 15.2 Å². The first-order valence-electron chi connectivity index (χ1n) is 8.32. The van der Waals surface area contributed by atoms with Crippen LogP contribution in [0.5, 0.6) is 11.5 Å². The van der Waals surface area contributed by atoms with Crippen molar-refractivity contribution in [2.75, 3.05) is 19.8 Å². The van der Waals surface area contributed by atoms with Crippen molar-refractivity contribution < 1.29 is 14.3 Å². The SMILES string of the molecule is CCOc1cc2c(cc1OCC)CN(C(=O)CC(C)(C)N)CC2. The molecule has 0 atom stereocenters. The summed E-state index contributed by atoms with van der Waals surface area (Å²) in [5, 5.41) is 0. The van der Waals surface area contributed by atoms with Crippen LogP contribution in [0.4, 0.5) is 0 Å². The summed E-state index contributed by atoms with van der Waals surface area (Å²) >= 11 is 0. The smallest absolute Gasteiger partial charge is 0.224 e. The minimum absolute atomic E-state index is 0.106. The van der Waals surface area contributed by atoms with E-state index in [-0.39, 0.29) is 5.91 Å². The molecular weight excluding hydrogens is 292 g/mol. The predicted molar refractivity (Wildman–Crippen MR) is 90.8 cm³/mol. The van der Waals surface area contributed by atoms with Crippen molar-refractivity contribution in [1.82, 2.24) is 4.90 Å². The molecule has 0 bridgehead atoms. The van der Waals surface area contributed by atoms with Crippen molar-refractivity contribution in [2.45, 2.75) is 52.6 Å². The van der Waals surface area contributed by atoms with Gasteiger partial charge in [0, 0.05) is 25.0 Å². The van der Waals surface area contributed by atoms with Crippen LogP contribution >= 0.6 is 0 Å². The van der Waals surface area contributed by atoms with Crippen LogP contribution in [0.25, 0.3) is 0 Å². The fourth-order valence-electron chi connectivity index (χ4n) is 2.82. The van der Waals surface area contributed by atoms with E-state index < -0.39 is 5.54 Å². The van der Waals surface area contributed by atoms with Crippen LogP contribution in [0, 0.1) is 0 Å². The molecule has 1 aromatic carbocycles. The number of amides is 1. The third kappa shape index (κ3) is 4.61. The van der Waals surface area contributed by atoms with Gasteiger partial charge in [-0.15, -0.1) is 0 Å². The Balaban J connectivity index is 2.19. The van der Waals surface area contributed by atoms with Crippen LogP contribution < -0.4 is 15.2 Å². The highest BCUT2D eigenvalue weighted by molar-refractivity contribution is 5.77. The Labute approximate surface area is 138 Å². The normalized spacial score (nSPS) is 14.4. The van der Waals surface area contributed by atoms with Crippen LogP contribution in [0.1, 0.15) is 45.2 Å². The van der Waals surface area contributed by atoms with E-state index in [1.54, 1.807) is 0 Å². The highest BCUT2D eigenvalue weighted by Crippen LogP contribution is 2.34. The van der Waals surface area contributed by atoms with E-state index in [1.165, 1.54) is 5.56 Å². The van der Waals surface area contributed by atoms with E-state index in [0.29, 0.717) is 26.2 Å². The fraction of sp³-hybridized carbons (Fsp3) is 0.611. The zero-order valence-corrected chi connectivity index (χ0v) is 14.6. The molecular formula is C18H28N2O3. The predicted octanol–water partition coefficient (Wildman–Crippen LogP) is 2.50. The Morgan fingerprint density at radius 3 is 2.26 bits per heavy atom. The number of benzene rings is 1. The lowest BCUT2D eigenvalue weighted by atomic mass is 9.96. The Morgan fingerprint density at radius 1 is 1.17 bits per heavy atom. The summed E-state index contributed by atoms with van der Waals surface area (Å²) in [6.45, 7) is 10.2. The zero-order chi connectivity index (χ0) is 17.0. The van der Waals surface area contributed by atoms with Gasteiger partial charge in [0.05, 0.1) is 13.2 Å². The molecule has 1 amide bonds. The molecule has 5 heteroatoms. The number of fused-ring (bicyclic) bond motifs is 1. The molecule has 128 valence electrons. The summed E-state index contributed by atoms with van der Waals surface area (Å²) in [5.74, 6) is 1.65. The van der Waals surface area contributed by atoms with E-state index in [9.17, 15) is 4.79 Å². The maximum Gasteiger partial charge on any atom is 0.224 e. The van der Waals surface area contributed by atoms with Crippen LogP contribution in [-0.2, 0) is 17.8 Å². The van der Waals surface area contributed by atoms with Crippen LogP contribution in [-0.4, -0.2) is 36.1 Å². The number of hydrogen-bond donors (Lipinski definition) is 1. The van der Waals surface area contributed by atoms with Crippen molar-refractivity contribution >= 4 is 5.91 Å². The van der Waals surface area contributed by atoms with E-state index >= 15 is 0 Å². The van der Waals surface area contributed by atoms with Gasteiger partial charge in [0.25, 0.3) is 0 Å². The first-order chi connectivity index (χ1) is 10.8. The average Bonchev–Trinajstić information content (AvgIpc) is 2.46. The maximum absolute atomic E-state index is 12.4. The molecule has 2 N–H and O–H groups in total. The summed E-state index contributed by atoms with van der Waals surface area (Å²) in [4.78, 5) is 14.3. The number of rotatable bonds is 6. The van der Waals surface area contributed by atoms with Crippen LogP contribution in [0.15, 0.2) is 12.1 Å². The van der Waals surface area contributed by atoms with Crippen molar-refractivity contribution in [1.29, 1.82) is 0 Å². The molecule has 0 spiro atoms. The first-order valence-corrected chi connectivity index (χ1v) is 8.32. The number of carbonyl (C=O) groups excluding carboxylic acids is 1. The van der Waals surface area contributed by atoms with E-state index in [2.05, 4.69) is 6.07 Å². The lowest BCUT2D eigenvalue weighted by molar-refractivity contribution is -0.133. The molecule has 0 radical (unpaired) electrons. The molecule has 1 aliphatic heterocycles. The quantitative estimate of drug-likeness (QED) is 0.874. The first kappa shape index (κ1) is 17.6. The number of ether oxygens (including phenoxy) is 2. The van der Waals surface area contributed by atoms with Crippen molar-refractivity contribution in [3.05, 3.63) is 23.3 Å². The second-order valence-corrected chi connectivity index (χ2v) is 6.66. The lowest BCUT2D eigenvalue weighted by Crippen LogP contribution is -2.43. The summed E-state index contributed by atoms with van der Waals surface area (Å²) in [6.07, 6.45) is 1.19. The molecule has 1 aliphatic rings. The van der Waals surface area contributed by atoms with E-state index in [1.807, 2.05) is 38.7 Å². The maximum atomic E-state index is 12.4. The third-order valence-electron chi connectivity index (χ3n) is 3.84. The van der Waals surface area contributed by atoms with Crippen LogP contribution in [0.2, 0.25) is 0 Å². The van der Waals surface area contributed by atoms with Gasteiger partial charge in [-0.2, -0.15) is 0 Å². The Morgan fingerprint density at radius 2 is 1.74 bits per heavy atom. The molecule has 0 saturated heterocycles. The van der Waals surface area contributed by atoms with Gasteiger partial charge >= 0.3 is 0 Å².